The second-order valence-corrected chi connectivity index (χ2v) is 5.25. The van der Waals surface area contributed by atoms with E-state index in [4.69, 9.17) is 10.5 Å². The van der Waals surface area contributed by atoms with Gasteiger partial charge in [0.1, 0.15) is 0 Å². The van der Waals surface area contributed by atoms with Crippen molar-refractivity contribution in [2.24, 2.45) is 0 Å². The number of nitrogen functional groups attached to an aromatic ring is 1. The number of nitrogens with zero attached hydrogens (tertiary/aromatic N) is 1. The molecule has 1 saturated heterocycles. The van der Waals surface area contributed by atoms with Gasteiger partial charge in [0.25, 0.3) is 0 Å². The van der Waals surface area contributed by atoms with Crippen LogP contribution in [0.2, 0.25) is 0 Å². The maximum Gasteiger partial charge on any atom is 0.338 e. The van der Waals surface area contributed by atoms with Crippen LogP contribution in [0.5, 0.6) is 0 Å². The van der Waals surface area contributed by atoms with Gasteiger partial charge in [-0.1, -0.05) is 6.92 Å². The lowest BCUT2D eigenvalue weighted by Crippen LogP contribution is -2.39. The van der Waals surface area contributed by atoms with Crippen LogP contribution in [0.25, 0.3) is 0 Å². The van der Waals surface area contributed by atoms with Gasteiger partial charge in [0, 0.05) is 12.6 Å². The molecular weight excluding hydrogens is 252 g/mol. The van der Waals surface area contributed by atoms with Crippen molar-refractivity contribution in [1.29, 1.82) is 0 Å². The Bertz CT molecular complexity index is 474. The molecule has 0 bridgehead atoms. The largest absolute Gasteiger partial charge is 0.462 e. The van der Waals surface area contributed by atoms with Crippen LogP contribution in [0.3, 0.4) is 0 Å². The summed E-state index contributed by atoms with van der Waals surface area (Å²) < 4.78 is 5.07. The molecule has 2 N–H and O–H groups in total. The van der Waals surface area contributed by atoms with Gasteiger partial charge in [0.2, 0.25) is 0 Å². The average molecular weight is 276 g/mol. The van der Waals surface area contributed by atoms with E-state index in [1.807, 2.05) is 19.1 Å². The molecule has 110 valence electrons. The van der Waals surface area contributed by atoms with Gasteiger partial charge < -0.3 is 15.4 Å². The molecule has 1 atom stereocenters. The molecule has 4 nitrogen and oxygen atoms in total. The van der Waals surface area contributed by atoms with Crippen molar-refractivity contribution in [1.82, 2.24) is 0 Å². The van der Waals surface area contributed by atoms with E-state index in [1.165, 1.54) is 19.3 Å². The quantitative estimate of drug-likeness (QED) is 0.677. The molecule has 1 unspecified atom stereocenters. The number of benzene rings is 1. The number of carbonyl (C=O) groups excluding carboxylic acids is 1. The highest BCUT2D eigenvalue weighted by atomic mass is 16.5. The highest BCUT2D eigenvalue weighted by Gasteiger charge is 2.23. The summed E-state index contributed by atoms with van der Waals surface area (Å²) in [5, 5.41) is 0. The number of piperidine rings is 1. The van der Waals surface area contributed by atoms with Crippen molar-refractivity contribution in [3.8, 4) is 0 Å². The van der Waals surface area contributed by atoms with Gasteiger partial charge in [-0.25, -0.2) is 4.79 Å². The van der Waals surface area contributed by atoms with E-state index < -0.39 is 0 Å². The average Bonchev–Trinajstić information content (AvgIpc) is 2.48. The van der Waals surface area contributed by atoms with E-state index in [-0.39, 0.29) is 5.97 Å². The molecule has 20 heavy (non-hydrogen) atoms. The van der Waals surface area contributed by atoms with Crippen LogP contribution < -0.4 is 10.6 Å². The van der Waals surface area contributed by atoms with Crippen LogP contribution in [0, 0.1) is 0 Å². The Hall–Kier alpha value is -1.71. The number of hydrogen-bond acceptors (Lipinski definition) is 4. The third kappa shape index (κ3) is 3.06. The van der Waals surface area contributed by atoms with Gasteiger partial charge in [-0.15, -0.1) is 0 Å². The lowest BCUT2D eigenvalue weighted by Gasteiger charge is -2.38. The summed E-state index contributed by atoms with van der Waals surface area (Å²) in [7, 11) is 0. The second-order valence-electron chi connectivity index (χ2n) is 5.25. The fourth-order valence-corrected chi connectivity index (χ4v) is 2.88. The monoisotopic (exact) mass is 276 g/mol. The Labute approximate surface area is 120 Å². The number of rotatable bonds is 4. The Morgan fingerprint density at radius 1 is 1.40 bits per heavy atom. The summed E-state index contributed by atoms with van der Waals surface area (Å²) in [6, 6.07) is 5.94. The third-order valence-corrected chi connectivity index (χ3v) is 3.95. The first kappa shape index (κ1) is 14.7. The number of hydrogen-bond donors (Lipinski definition) is 1. The predicted octanol–water partition coefficient (Wildman–Crippen LogP) is 3.21. The minimum atomic E-state index is -0.279. The van der Waals surface area contributed by atoms with Crippen molar-refractivity contribution >= 4 is 17.3 Å². The topological polar surface area (TPSA) is 55.6 Å². The lowest BCUT2D eigenvalue weighted by molar-refractivity contribution is 0.0526. The molecule has 1 aliphatic rings. The summed E-state index contributed by atoms with van der Waals surface area (Å²) in [6.07, 6.45) is 4.74. The zero-order valence-corrected chi connectivity index (χ0v) is 12.4. The van der Waals surface area contributed by atoms with E-state index in [9.17, 15) is 4.79 Å². The normalized spacial score (nSPS) is 18.9. The second kappa shape index (κ2) is 6.64. The molecule has 1 aromatic rings. The SMILES string of the molecule is CCOC(=O)c1ccc(N)c(N2CCCCC2CC)c1. The molecule has 1 fully saturated rings. The number of anilines is 2. The van der Waals surface area contributed by atoms with Gasteiger partial charge in [-0.05, 0) is 50.8 Å². The van der Waals surface area contributed by atoms with Crippen LogP contribution in [-0.2, 0) is 4.74 Å². The van der Waals surface area contributed by atoms with Crippen LogP contribution in [0.4, 0.5) is 11.4 Å². The Balaban J connectivity index is 2.29. The highest BCUT2D eigenvalue weighted by Crippen LogP contribution is 2.31. The number of esters is 1. The fourth-order valence-electron chi connectivity index (χ4n) is 2.88. The third-order valence-electron chi connectivity index (χ3n) is 3.95. The summed E-state index contributed by atoms with van der Waals surface area (Å²) in [5.74, 6) is -0.279. The van der Waals surface area contributed by atoms with Crippen molar-refractivity contribution < 1.29 is 9.53 Å². The first-order valence-electron chi connectivity index (χ1n) is 7.50. The molecular formula is C16H24N2O2. The Kier molecular flexibility index (Phi) is 4.88. The number of nitrogens with two attached hydrogens (primary N) is 1. The van der Waals surface area contributed by atoms with Crippen molar-refractivity contribution in [3.63, 3.8) is 0 Å². The van der Waals surface area contributed by atoms with Crippen LogP contribution in [0.1, 0.15) is 49.9 Å². The van der Waals surface area contributed by atoms with Gasteiger partial charge in [0.05, 0.1) is 23.5 Å². The minimum absolute atomic E-state index is 0.279. The molecule has 4 heteroatoms. The molecule has 0 radical (unpaired) electrons. The molecule has 1 aliphatic heterocycles. The molecule has 2 rings (SSSR count). The van der Waals surface area contributed by atoms with E-state index >= 15 is 0 Å². The van der Waals surface area contributed by atoms with E-state index in [1.54, 1.807) is 6.07 Å². The van der Waals surface area contributed by atoms with E-state index in [0.717, 1.165) is 24.3 Å². The van der Waals surface area contributed by atoms with Crippen molar-refractivity contribution in [2.45, 2.75) is 45.6 Å². The first-order valence-corrected chi connectivity index (χ1v) is 7.50. The number of carbonyl (C=O) groups is 1. The highest BCUT2D eigenvalue weighted by molar-refractivity contribution is 5.92. The van der Waals surface area contributed by atoms with Gasteiger partial charge >= 0.3 is 5.97 Å². The van der Waals surface area contributed by atoms with Gasteiger partial charge in [-0.2, -0.15) is 0 Å². The van der Waals surface area contributed by atoms with Crippen molar-refractivity contribution in [3.05, 3.63) is 23.8 Å². The van der Waals surface area contributed by atoms with E-state index in [2.05, 4.69) is 11.8 Å². The smallest absolute Gasteiger partial charge is 0.338 e. The fraction of sp³-hybridized carbons (Fsp3) is 0.562. The zero-order chi connectivity index (χ0) is 14.5. The lowest BCUT2D eigenvalue weighted by atomic mass is 9.98. The molecule has 1 heterocycles. The standard InChI is InChI=1S/C16H24N2O2/c1-3-13-7-5-6-10-18(13)15-11-12(8-9-14(15)17)16(19)20-4-2/h8-9,11,13H,3-7,10,17H2,1-2H3. The maximum absolute atomic E-state index is 11.9. The maximum atomic E-state index is 11.9. The zero-order valence-electron chi connectivity index (χ0n) is 12.4. The number of ether oxygens (including phenoxy) is 1. The van der Waals surface area contributed by atoms with Crippen molar-refractivity contribution in [2.75, 3.05) is 23.8 Å². The minimum Gasteiger partial charge on any atom is -0.462 e. The summed E-state index contributed by atoms with van der Waals surface area (Å²) >= 11 is 0. The summed E-state index contributed by atoms with van der Waals surface area (Å²) in [5.41, 5.74) is 8.41. The molecule has 0 aliphatic carbocycles. The first-order chi connectivity index (χ1) is 9.67. The Morgan fingerprint density at radius 3 is 2.90 bits per heavy atom. The molecule has 0 aromatic heterocycles. The summed E-state index contributed by atoms with van der Waals surface area (Å²) in [6.45, 7) is 5.41. The van der Waals surface area contributed by atoms with Crippen LogP contribution in [0.15, 0.2) is 18.2 Å². The molecule has 0 saturated carbocycles. The summed E-state index contributed by atoms with van der Waals surface area (Å²) in [4.78, 5) is 14.2. The molecule has 0 spiro atoms. The van der Waals surface area contributed by atoms with Gasteiger partial charge in [0.15, 0.2) is 0 Å². The van der Waals surface area contributed by atoms with Gasteiger partial charge in [-0.3, -0.25) is 0 Å². The van der Waals surface area contributed by atoms with Crippen LogP contribution >= 0.6 is 0 Å². The molecule has 0 amide bonds. The Morgan fingerprint density at radius 2 is 2.20 bits per heavy atom. The van der Waals surface area contributed by atoms with E-state index in [0.29, 0.717) is 18.2 Å². The molecule has 1 aromatic carbocycles. The van der Waals surface area contributed by atoms with Crippen LogP contribution in [-0.4, -0.2) is 25.2 Å². The predicted molar refractivity (Wildman–Crippen MR) is 82.1 cm³/mol.